The molecule has 33 heavy (non-hydrogen) atoms. The highest BCUT2D eigenvalue weighted by Gasteiger charge is 2.09. The number of fused-ring (bicyclic) bond motifs is 2. The summed E-state index contributed by atoms with van der Waals surface area (Å²) >= 11 is 0. The standard InChI is InChI=1S/C29H25N3O/c1-21-13-15-22(16-14-21)17-29(33)31-30-18-25-20-32(28-12-5-4-11-27(25)28)19-24-9-6-8-23-7-2-3-10-26(23)24/h2-16,18,20H,17,19H2,1H3,(H,31,33)/b30-18-. The number of nitrogens with one attached hydrogen (secondary N) is 1. The molecule has 1 amide bonds. The fraction of sp³-hybridized carbons (Fsp3) is 0.103. The Bertz CT molecular complexity index is 1460. The molecule has 5 rings (SSSR count). The second-order valence-corrected chi connectivity index (χ2v) is 8.32. The van der Waals surface area contributed by atoms with Gasteiger partial charge in [-0.1, -0.05) is 90.5 Å². The van der Waals surface area contributed by atoms with Gasteiger partial charge in [-0.05, 0) is 34.9 Å². The van der Waals surface area contributed by atoms with Gasteiger partial charge in [-0.3, -0.25) is 4.79 Å². The van der Waals surface area contributed by atoms with E-state index in [1.54, 1.807) is 6.21 Å². The molecular weight excluding hydrogens is 406 g/mol. The first-order valence-corrected chi connectivity index (χ1v) is 11.1. The third kappa shape index (κ3) is 4.55. The molecule has 4 nitrogen and oxygen atoms in total. The Morgan fingerprint density at radius 1 is 0.879 bits per heavy atom. The van der Waals surface area contributed by atoms with E-state index in [-0.39, 0.29) is 5.91 Å². The van der Waals surface area contributed by atoms with Crippen LogP contribution in [0.25, 0.3) is 21.7 Å². The summed E-state index contributed by atoms with van der Waals surface area (Å²) in [6, 6.07) is 31.1. The highest BCUT2D eigenvalue weighted by Crippen LogP contribution is 2.24. The number of benzene rings is 4. The van der Waals surface area contributed by atoms with E-state index in [9.17, 15) is 4.79 Å². The number of amides is 1. The molecular formula is C29H25N3O. The van der Waals surface area contributed by atoms with Crippen molar-refractivity contribution in [2.24, 2.45) is 5.10 Å². The van der Waals surface area contributed by atoms with Crippen molar-refractivity contribution < 1.29 is 4.79 Å². The lowest BCUT2D eigenvalue weighted by Crippen LogP contribution is -2.19. The van der Waals surface area contributed by atoms with Gasteiger partial charge in [0.15, 0.2) is 0 Å². The van der Waals surface area contributed by atoms with Crippen LogP contribution in [0, 0.1) is 6.92 Å². The molecule has 0 aliphatic rings. The van der Waals surface area contributed by atoms with Crippen LogP contribution in [0.5, 0.6) is 0 Å². The van der Waals surface area contributed by atoms with Crippen LogP contribution in [0.4, 0.5) is 0 Å². The Balaban J connectivity index is 1.37. The number of hydrogen-bond donors (Lipinski definition) is 1. The van der Waals surface area contributed by atoms with E-state index in [2.05, 4.69) is 75.9 Å². The van der Waals surface area contributed by atoms with E-state index in [1.165, 1.54) is 21.9 Å². The van der Waals surface area contributed by atoms with Crippen molar-refractivity contribution in [2.45, 2.75) is 19.9 Å². The third-order valence-electron chi connectivity index (χ3n) is 5.92. The molecule has 1 heterocycles. The van der Waals surface area contributed by atoms with Crippen molar-refractivity contribution in [1.82, 2.24) is 9.99 Å². The van der Waals surface area contributed by atoms with Crippen molar-refractivity contribution in [3.8, 4) is 0 Å². The third-order valence-corrected chi connectivity index (χ3v) is 5.92. The van der Waals surface area contributed by atoms with Crippen molar-refractivity contribution in [3.63, 3.8) is 0 Å². The number of para-hydroxylation sites is 1. The predicted molar refractivity (Wildman–Crippen MR) is 136 cm³/mol. The lowest BCUT2D eigenvalue weighted by atomic mass is 10.0. The van der Waals surface area contributed by atoms with Gasteiger partial charge in [-0.15, -0.1) is 0 Å². The minimum atomic E-state index is -0.130. The van der Waals surface area contributed by atoms with Gasteiger partial charge in [0.25, 0.3) is 0 Å². The summed E-state index contributed by atoms with van der Waals surface area (Å²) in [6.07, 6.45) is 4.14. The molecule has 0 spiro atoms. The minimum absolute atomic E-state index is 0.130. The number of carbonyl (C=O) groups is 1. The fourth-order valence-corrected chi connectivity index (χ4v) is 4.23. The molecule has 1 aromatic heterocycles. The SMILES string of the molecule is Cc1ccc(CC(=O)N/N=C\c2cn(Cc3cccc4ccccc34)c3ccccc23)cc1. The van der Waals surface area contributed by atoms with Gasteiger partial charge in [0.2, 0.25) is 5.91 Å². The summed E-state index contributed by atoms with van der Waals surface area (Å²) < 4.78 is 2.24. The van der Waals surface area contributed by atoms with E-state index in [1.807, 2.05) is 43.3 Å². The summed E-state index contributed by atoms with van der Waals surface area (Å²) in [7, 11) is 0. The Labute approximate surface area is 193 Å². The number of carbonyl (C=O) groups excluding carboxylic acids is 1. The molecule has 162 valence electrons. The van der Waals surface area contributed by atoms with Crippen LogP contribution in [-0.4, -0.2) is 16.7 Å². The first-order valence-electron chi connectivity index (χ1n) is 11.1. The summed E-state index contributed by atoms with van der Waals surface area (Å²) in [5.74, 6) is -0.130. The topological polar surface area (TPSA) is 46.4 Å². The smallest absolute Gasteiger partial charge is 0.244 e. The molecule has 5 aromatic rings. The number of nitrogens with zero attached hydrogens (tertiary/aromatic N) is 2. The summed E-state index contributed by atoms with van der Waals surface area (Å²) in [5.41, 5.74) is 8.19. The van der Waals surface area contributed by atoms with E-state index < -0.39 is 0 Å². The Morgan fingerprint density at radius 3 is 2.45 bits per heavy atom. The molecule has 1 N–H and O–H groups in total. The Hall–Kier alpha value is -4.18. The maximum absolute atomic E-state index is 12.3. The molecule has 0 radical (unpaired) electrons. The highest BCUT2D eigenvalue weighted by atomic mass is 16.2. The zero-order chi connectivity index (χ0) is 22.6. The predicted octanol–water partition coefficient (Wildman–Crippen LogP) is 5.84. The quantitative estimate of drug-likeness (QED) is 0.266. The number of rotatable bonds is 6. The van der Waals surface area contributed by atoms with Crippen molar-refractivity contribution in [3.05, 3.63) is 119 Å². The van der Waals surface area contributed by atoms with Crippen molar-refractivity contribution >= 4 is 33.8 Å². The van der Waals surface area contributed by atoms with Gasteiger partial charge in [0.05, 0.1) is 12.6 Å². The van der Waals surface area contributed by atoms with Gasteiger partial charge in [-0.2, -0.15) is 5.10 Å². The van der Waals surface area contributed by atoms with E-state index in [0.717, 1.165) is 28.6 Å². The number of aryl methyl sites for hydroxylation is 1. The number of aromatic nitrogens is 1. The van der Waals surface area contributed by atoms with Crippen LogP contribution < -0.4 is 5.43 Å². The monoisotopic (exact) mass is 431 g/mol. The first-order chi connectivity index (χ1) is 16.2. The molecule has 0 aliphatic heterocycles. The van der Waals surface area contributed by atoms with Crippen LogP contribution in [0.15, 0.2) is 102 Å². The fourth-order valence-electron chi connectivity index (χ4n) is 4.23. The van der Waals surface area contributed by atoms with Crippen LogP contribution >= 0.6 is 0 Å². The average molecular weight is 432 g/mol. The van der Waals surface area contributed by atoms with Crippen LogP contribution in [-0.2, 0) is 17.8 Å². The zero-order valence-corrected chi connectivity index (χ0v) is 18.5. The largest absolute Gasteiger partial charge is 0.342 e. The molecule has 4 heteroatoms. The van der Waals surface area contributed by atoms with E-state index in [4.69, 9.17) is 0 Å². The van der Waals surface area contributed by atoms with Gasteiger partial charge >= 0.3 is 0 Å². The lowest BCUT2D eigenvalue weighted by molar-refractivity contribution is -0.120. The molecule has 0 fully saturated rings. The molecule has 0 saturated heterocycles. The van der Waals surface area contributed by atoms with Gasteiger partial charge < -0.3 is 4.57 Å². The second kappa shape index (κ2) is 9.13. The summed E-state index contributed by atoms with van der Waals surface area (Å²) in [6.45, 7) is 2.79. The van der Waals surface area contributed by atoms with Gasteiger partial charge in [0.1, 0.15) is 0 Å². The maximum Gasteiger partial charge on any atom is 0.244 e. The molecule has 4 aromatic carbocycles. The minimum Gasteiger partial charge on any atom is -0.342 e. The van der Waals surface area contributed by atoms with Crippen LogP contribution in [0.2, 0.25) is 0 Å². The summed E-state index contributed by atoms with van der Waals surface area (Å²) in [5, 5.41) is 7.84. The second-order valence-electron chi connectivity index (χ2n) is 8.32. The molecule has 0 unspecified atom stereocenters. The molecule has 0 atom stereocenters. The van der Waals surface area contributed by atoms with E-state index >= 15 is 0 Å². The van der Waals surface area contributed by atoms with Gasteiger partial charge in [-0.25, -0.2) is 5.43 Å². The van der Waals surface area contributed by atoms with E-state index in [0.29, 0.717) is 6.42 Å². The maximum atomic E-state index is 12.3. The van der Waals surface area contributed by atoms with Crippen LogP contribution in [0.1, 0.15) is 22.3 Å². The number of hydrazone groups is 1. The Morgan fingerprint density at radius 2 is 1.61 bits per heavy atom. The van der Waals surface area contributed by atoms with Crippen molar-refractivity contribution in [2.75, 3.05) is 0 Å². The normalized spacial score (nSPS) is 11.4. The van der Waals surface area contributed by atoms with Gasteiger partial charge in [0, 0.05) is 29.2 Å². The molecule has 0 aliphatic carbocycles. The molecule has 0 saturated carbocycles. The Kier molecular flexibility index (Phi) is 5.73. The first kappa shape index (κ1) is 20.7. The van der Waals surface area contributed by atoms with Crippen molar-refractivity contribution in [1.29, 1.82) is 0 Å². The number of hydrogen-bond acceptors (Lipinski definition) is 2. The summed E-state index contributed by atoms with van der Waals surface area (Å²) in [4.78, 5) is 12.3. The molecule has 0 bridgehead atoms. The average Bonchev–Trinajstić information content (AvgIpc) is 3.18. The highest BCUT2D eigenvalue weighted by molar-refractivity contribution is 6.00. The lowest BCUT2D eigenvalue weighted by Gasteiger charge is -2.09. The zero-order valence-electron chi connectivity index (χ0n) is 18.5. The van der Waals surface area contributed by atoms with Crippen LogP contribution in [0.3, 0.4) is 0 Å².